The first-order valence-electron chi connectivity index (χ1n) is 9.95. The second-order valence-electron chi connectivity index (χ2n) is 7.41. The fourth-order valence-corrected chi connectivity index (χ4v) is 2.90. The van der Waals surface area contributed by atoms with E-state index in [1.54, 1.807) is 6.92 Å². The Labute approximate surface area is 185 Å². The molecule has 0 radical (unpaired) electrons. The van der Waals surface area contributed by atoms with Gasteiger partial charge in [-0.25, -0.2) is 5.43 Å². The average Bonchev–Trinajstić information content (AvgIpc) is 2.75. The molecular weight excluding hydrogens is 412 g/mol. The molecule has 0 saturated carbocycles. The van der Waals surface area contributed by atoms with Crippen molar-refractivity contribution in [3.63, 3.8) is 0 Å². The zero-order valence-corrected chi connectivity index (χ0v) is 18.1. The van der Waals surface area contributed by atoms with E-state index in [4.69, 9.17) is 5.73 Å². The normalized spacial score (nSPS) is 12.0. The molecule has 0 aliphatic rings. The summed E-state index contributed by atoms with van der Waals surface area (Å²) in [6, 6.07) is 11.4. The van der Waals surface area contributed by atoms with Gasteiger partial charge in [0, 0.05) is 23.4 Å². The van der Waals surface area contributed by atoms with Crippen LogP contribution in [0, 0.1) is 19.8 Å². The standard InChI is InChI=1S/C23H26N4O5/c1-13-4-5-14(2)19(12-13)25-20(29)11-10-18(26-27-23(32)22(24)31)15(3)21(30)16-6-8-17(28)9-7-16/h4-9,12,15,28H,10-11H2,1-3H3,(H2,24,31)(H,25,29)(H,27,32)/b26-18+. The van der Waals surface area contributed by atoms with Gasteiger partial charge in [0.05, 0.1) is 5.92 Å². The highest BCUT2D eigenvalue weighted by molar-refractivity contribution is 6.34. The van der Waals surface area contributed by atoms with Crippen molar-refractivity contribution >= 4 is 34.9 Å². The number of aryl methyl sites for hydroxylation is 2. The molecule has 0 spiro atoms. The van der Waals surface area contributed by atoms with Gasteiger partial charge in [0.1, 0.15) is 5.75 Å². The van der Waals surface area contributed by atoms with E-state index in [2.05, 4.69) is 10.4 Å². The van der Waals surface area contributed by atoms with Crippen LogP contribution in [-0.2, 0) is 14.4 Å². The molecule has 9 heteroatoms. The van der Waals surface area contributed by atoms with Crippen LogP contribution in [0.3, 0.4) is 0 Å². The van der Waals surface area contributed by atoms with Gasteiger partial charge < -0.3 is 16.2 Å². The van der Waals surface area contributed by atoms with E-state index >= 15 is 0 Å². The van der Waals surface area contributed by atoms with Crippen LogP contribution in [0.4, 0.5) is 5.69 Å². The summed E-state index contributed by atoms with van der Waals surface area (Å²) < 4.78 is 0. The molecule has 0 saturated heterocycles. The maximum Gasteiger partial charge on any atom is 0.329 e. The SMILES string of the molecule is Cc1ccc(C)c(NC(=O)CC/C(=N\NC(=O)C(N)=O)C(C)C(=O)c2ccc(O)cc2)c1. The summed E-state index contributed by atoms with van der Waals surface area (Å²) >= 11 is 0. The van der Waals surface area contributed by atoms with E-state index in [1.165, 1.54) is 24.3 Å². The number of phenolic OH excluding ortho intramolecular Hbond substituents is 1. The minimum Gasteiger partial charge on any atom is -0.508 e. The molecule has 0 aromatic heterocycles. The molecule has 2 rings (SSSR count). The number of carbonyl (C=O) groups is 4. The first-order valence-corrected chi connectivity index (χ1v) is 9.95. The zero-order chi connectivity index (χ0) is 23.8. The summed E-state index contributed by atoms with van der Waals surface area (Å²) in [6.07, 6.45) is 0.0482. The van der Waals surface area contributed by atoms with Crippen LogP contribution in [0.2, 0.25) is 0 Å². The summed E-state index contributed by atoms with van der Waals surface area (Å²) in [7, 11) is 0. The lowest BCUT2D eigenvalue weighted by atomic mass is 9.92. The lowest BCUT2D eigenvalue weighted by molar-refractivity contribution is -0.137. The van der Waals surface area contributed by atoms with Crippen LogP contribution in [0.25, 0.3) is 0 Å². The quantitative estimate of drug-likeness (QED) is 0.216. The van der Waals surface area contributed by atoms with Crippen molar-refractivity contribution in [2.45, 2.75) is 33.6 Å². The van der Waals surface area contributed by atoms with Crippen LogP contribution in [0.1, 0.15) is 41.3 Å². The molecule has 0 bridgehead atoms. The number of aromatic hydroxyl groups is 1. The third-order valence-electron chi connectivity index (χ3n) is 4.85. The predicted octanol–water partition coefficient (Wildman–Crippen LogP) is 2.20. The number of nitrogens with one attached hydrogen (secondary N) is 2. The zero-order valence-electron chi connectivity index (χ0n) is 18.1. The molecule has 1 unspecified atom stereocenters. The molecule has 3 amide bonds. The van der Waals surface area contributed by atoms with Crippen LogP contribution in [0.5, 0.6) is 5.75 Å². The Morgan fingerprint density at radius 1 is 1.03 bits per heavy atom. The largest absolute Gasteiger partial charge is 0.508 e. The second-order valence-corrected chi connectivity index (χ2v) is 7.41. The summed E-state index contributed by atoms with van der Waals surface area (Å²) in [5.41, 5.74) is 10.1. The lowest BCUT2D eigenvalue weighted by Gasteiger charge is -2.15. The number of amides is 3. The van der Waals surface area contributed by atoms with Crippen molar-refractivity contribution in [2.75, 3.05) is 5.32 Å². The Hall–Kier alpha value is -4.01. The fraction of sp³-hybridized carbons (Fsp3) is 0.261. The number of phenols is 1. The highest BCUT2D eigenvalue weighted by Gasteiger charge is 2.23. The fourth-order valence-electron chi connectivity index (χ4n) is 2.90. The van der Waals surface area contributed by atoms with E-state index < -0.39 is 17.7 Å². The van der Waals surface area contributed by atoms with Crippen molar-refractivity contribution < 1.29 is 24.3 Å². The first kappa shape index (κ1) is 24.3. The Morgan fingerprint density at radius 2 is 1.69 bits per heavy atom. The van der Waals surface area contributed by atoms with Crippen molar-refractivity contribution in [3.8, 4) is 5.75 Å². The van der Waals surface area contributed by atoms with Crippen molar-refractivity contribution in [1.29, 1.82) is 0 Å². The molecule has 9 nitrogen and oxygen atoms in total. The molecule has 0 aliphatic carbocycles. The number of benzene rings is 2. The summed E-state index contributed by atoms with van der Waals surface area (Å²) in [5.74, 6) is -3.77. The third kappa shape index (κ3) is 6.76. The van der Waals surface area contributed by atoms with Gasteiger partial charge in [-0.15, -0.1) is 0 Å². The summed E-state index contributed by atoms with van der Waals surface area (Å²) in [5, 5.41) is 16.1. The van der Waals surface area contributed by atoms with Gasteiger partial charge in [0.25, 0.3) is 0 Å². The van der Waals surface area contributed by atoms with Crippen LogP contribution < -0.4 is 16.5 Å². The second kappa shape index (κ2) is 10.9. The number of hydrogen-bond donors (Lipinski definition) is 4. The maximum atomic E-state index is 12.8. The number of anilines is 1. The number of hydrogen-bond acceptors (Lipinski definition) is 6. The summed E-state index contributed by atoms with van der Waals surface area (Å²) in [4.78, 5) is 47.8. The lowest BCUT2D eigenvalue weighted by Crippen LogP contribution is -2.35. The van der Waals surface area contributed by atoms with Crippen molar-refractivity contribution in [3.05, 3.63) is 59.2 Å². The van der Waals surface area contributed by atoms with Crippen molar-refractivity contribution in [1.82, 2.24) is 5.43 Å². The van der Waals surface area contributed by atoms with Gasteiger partial charge in [-0.2, -0.15) is 5.10 Å². The Kier molecular flexibility index (Phi) is 8.23. The minimum absolute atomic E-state index is 0.00808. The smallest absolute Gasteiger partial charge is 0.329 e. The van der Waals surface area contributed by atoms with E-state index in [0.717, 1.165) is 11.1 Å². The minimum atomic E-state index is -1.22. The highest BCUT2D eigenvalue weighted by Crippen LogP contribution is 2.19. The molecule has 0 aliphatic heterocycles. The van der Waals surface area contributed by atoms with Crippen LogP contribution >= 0.6 is 0 Å². The number of Topliss-reactive ketones (excluding diaryl/α,β-unsaturated/α-hetero) is 1. The predicted molar refractivity (Wildman–Crippen MR) is 120 cm³/mol. The first-order chi connectivity index (χ1) is 15.1. The molecule has 5 N–H and O–H groups in total. The number of ketones is 1. The number of nitrogens with two attached hydrogens (primary N) is 1. The van der Waals surface area contributed by atoms with Crippen LogP contribution in [0.15, 0.2) is 47.6 Å². The van der Waals surface area contributed by atoms with E-state index in [0.29, 0.717) is 11.3 Å². The Morgan fingerprint density at radius 3 is 2.31 bits per heavy atom. The van der Waals surface area contributed by atoms with Gasteiger partial charge in [0.2, 0.25) is 5.91 Å². The van der Waals surface area contributed by atoms with Gasteiger partial charge in [0.15, 0.2) is 5.78 Å². The number of hydrazone groups is 1. The van der Waals surface area contributed by atoms with Gasteiger partial charge in [-0.05, 0) is 68.7 Å². The third-order valence-corrected chi connectivity index (χ3v) is 4.85. The van der Waals surface area contributed by atoms with Crippen LogP contribution in [-0.4, -0.2) is 34.3 Å². The number of carbonyl (C=O) groups excluding carboxylic acids is 4. The summed E-state index contributed by atoms with van der Waals surface area (Å²) in [6.45, 7) is 5.37. The Balaban J connectivity index is 2.16. The number of primary amides is 1. The van der Waals surface area contributed by atoms with Gasteiger partial charge in [-0.1, -0.05) is 12.1 Å². The maximum absolute atomic E-state index is 12.8. The van der Waals surface area contributed by atoms with E-state index in [-0.39, 0.29) is 36.0 Å². The monoisotopic (exact) mass is 438 g/mol. The highest BCUT2D eigenvalue weighted by atomic mass is 16.3. The van der Waals surface area contributed by atoms with Gasteiger partial charge >= 0.3 is 11.8 Å². The molecule has 32 heavy (non-hydrogen) atoms. The Bertz CT molecular complexity index is 1060. The molecule has 168 valence electrons. The molecule has 0 heterocycles. The van der Waals surface area contributed by atoms with Gasteiger partial charge in [-0.3, -0.25) is 19.2 Å². The molecule has 1 atom stereocenters. The van der Waals surface area contributed by atoms with Crippen molar-refractivity contribution in [2.24, 2.45) is 16.8 Å². The molecule has 0 fully saturated rings. The number of rotatable bonds is 8. The molecule has 2 aromatic rings. The number of nitrogens with zero attached hydrogens (tertiary/aromatic N) is 1. The van der Waals surface area contributed by atoms with E-state index in [1.807, 2.05) is 37.5 Å². The molecule has 2 aromatic carbocycles. The van der Waals surface area contributed by atoms with E-state index in [9.17, 15) is 24.3 Å². The topological polar surface area (TPSA) is 151 Å². The molecular formula is C23H26N4O5. The average molecular weight is 438 g/mol.